The molecule has 0 spiro atoms. The highest BCUT2D eigenvalue weighted by Gasteiger charge is 2.07. The average Bonchev–Trinajstić information content (AvgIpc) is 2.76. The molecular formula is C11H21N5O2. The van der Waals surface area contributed by atoms with E-state index in [1.807, 2.05) is 18.4 Å². The lowest BCUT2D eigenvalue weighted by atomic mass is 10.3. The molecule has 0 radical (unpaired) electrons. The van der Waals surface area contributed by atoms with Crippen LogP contribution >= 0.6 is 0 Å². The molecule has 18 heavy (non-hydrogen) atoms. The van der Waals surface area contributed by atoms with E-state index in [4.69, 9.17) is 4.74 Å². The number of aromatic nitrogens is 3. The van der Waals surface area contributed by atoms with E-state index in [9.17, 15) is 4.79 Å². The minimum atomic E-state index is -0.0536. The predicted octanol–water partition coefficient (Wildman–Crippen LogP) is -0.461. The summed E-state index contributed by atoms with van der Waals surface area (Å²) in [7, 11) is 1.61. The fourth-order valence-corrected chi connectivity index (χ4v) is 1.59. The first-order chi connectivity index (χ1) is 8.67. The monoisotopic (exact) mass is 255 g/mol. The van der Waals surface area contributed by atoms with Gasteiger partial charge in [0.15, 0.2) is 0 Å². The standard InChI is InChI=1S/C11H21N5O2/c1-4-16-8-13-15-10(16)5-12-6-11(17)14-9(2)7-18-3/h8-9,12H,4-7H2,1-3H3,(H,14,17). The first-order valence-corrected chi connectivity index (χ1v) is 6.03. The largest absolute Gasteiger partial charge is 0.383 e. The number of carbonyl (C=O) groups is 1. The summed E-state index contributed by atoms with van der Waals surface area (Å²) >= 11 is 0. The van der Waals surface area contributed by atoms with Gasteiger partial charge in [-0.2, -0.15) is 0 Å². The van der Waals surface area contributed by atoms with Gasteiger partial charge in [0.05, 0.1) is 19.7 Å². The summed E-state index contributed by atoms with van der Waals surface area (Å²) in [4.78, 5) is 11.5. The highest BCUT2D eigenvalue weighted by atomic mass is 16.5. The van der Waals surface area contributed by atoms with E-state index < -0.39 is 0 Å². The Morgan fingerprint density at radius 2 is 2.39 bits per heavy atom. The minimum absolute atomic E-state index is 0.0172. The van der Waals surface area contributed by atoms with Crippen LogP contribution in [-0.2, 0) is 22.6 Å². The van der Waals surface area contributed by atoms with Crippen LogP contribution in [0.25, 0.3) is 0 Å². The number of ether oxygens (including phenoxy) is 1. The molecule has 102 valence electrons. The van der Waals surface area contributed by atoms with Gasteiger partial charge in [0.2, 0.25) is 5.91 Å². The number of methoxy groups -OCH3 is 1. The van der Waals surface area contributed by atoms with Crippen molar-refractivity contribution in [3.63, 3.8) is 0 Å². The maximum atomic E-state index is 11.5. The Bertz CT molecular complexity index is 366. The molecule has 0 aliphatic rings. The van der Waals surface area contributed by atoms with Gasteiger partial charge in [-0.3, -0.25) is 4.79 Å². The molecule has 1 unspecified atom stereocenters. The number of hydrogen-bond acceptors (Lipinski definition) is 5. The number of hydrogen-bond donors (Lipinski definition) is 2. The average molecular weight is 255 g/mol. The number of aryl methyl sites for hydroxylation is 1. The Kier molecular flexibility index (Phi) is 6.31. The number of rotatable bonds is 8. The summed E-state index contributed by atoms with van der Waals surface area (Å²) in [6, 6.07) is 0.0172. The van der Waals surface area contributed by atoms with Crippen LogP contribution in [0.2, 0.25) is 0 Å². The summed E-state index contributed by atoms with van der Waals surface area (Å²) in [5, 5.41) is 13.6. The second-order valence-corrected chi connectivity index (χ2v) is 4.06. The summed E-state index contributed by atoms with van der Waals surface area (Å²) < 4.78 is 6.87. The molecule has 1 amide bonds. The Morgan fingerprint density at radius 1 is 1.61 bits per heavy atom. The van der Waals surface area contributed by atoms with Crippen molar-refractivity contribution >= 4 is 5.91 Å². The summed E-state index contributed by atoms with van der Waals surface area (Å²) in [5.41, 5.74) is 0. The van der Waals surface area contributed by atoms with Crippen molar-refractivity contribution in [2.24, 2.45) is 0 Å². The van der Waals surface area contributed by atoms with E-state index >= 15 is 0 Å². The highest BCUT2D eigenvalue weighted by molar-refractivity contribution is 5.78. The van der Waals surface area contributed by atoms with Crippen molar-refractivity contribution < 1.29 is 9.53 Å². The Morgan fingerprint density at radius 3 is 3.06 bits per heavy atom. The van der Waals surface area contributed by atoms with Crippen LogP contribution in [0.3, 0.4) is 0 Å². The second-order valence-electron chi connectivity index (χ2n) is 4.06. The maximum Gasteiger partial charge on any atom is 0.234 e. The van der Waals surface area contributed by atoms with Crippen molar-refractivity contribution in [2.75, 3.05) is 20.3 Å². The molecule has 7 heteroatoms. The Labute approximate surface area is 107 Å². The summed E-state index contributed by atoms with van der Waals surface area (Å²) in [6.07, 6.45) is 1.68. The van der Waals surface area contributed by atoms with E-state index in [0.717, 1.165) is 12.4 Å². The molecule has 1 aromatic heterocycles. The van der Waals surface area contributed by atoms with Crippen LogP contribution in [0.5, 0.6) is 0 Å². The Balaban J connectivity index is 2.23. The number of nitrogens with zero attached hydrogens (tertiary/aromatic N) is 3. The fraction of sp³-hybridized carbons (Fsp3) is 0.727. The van der Waals surface area contributed by atoms with Crippen LogP contribution in [0.4, 0.5) is 0 Å². The third-order valence-corrected chi connectivity index (χ3v) is 2.43. The molecule has 0 bridgehead atoms. The van der Waals surface area contributed by atoms with E-state index in [0.29, 0.717) is 13.2 Å². The zero-order valence-electron chi connectivity index (χ0n) is 11.1. The molecule has 1 aromatic rings. The van der Waals surface area contributed by atoms with Gasteiger partial charge in [-0.1, -0.05) is 0 Å². The highest BCUT2D eigenvalue weighted by Crippen LogP contribution is 1.93. The topological polar surface area (TPSA) is 81.1 Å². The smallest absolute Gasteiger partial charge is 0.234 e. The van der Waals surface area contributed by atoms with Gasteiger partial charge in [0.25, 0.3) is 0 Å². The molecule has 0 aliphatic heterocycles. The lowest BCUT2D eigenvalue weighted by Crippen LogP contribution is -2.41. The van der Waals surface area contributed by atoms with Gasteiger partial charge in [0.1, 0.15) is 12.2 Å². The fourth-order valence-electron chi connectivity index (χ4n) is 1.59. The molecule has 7 nitrogen and oxygen atoms in total. The van der Waals surface area contributed by atoms with Gasteiger partial charge in [0, 0.05) is 19.7 Å². The number of nitrogens with one attached hydrogen (secondary N) is 2. The normalized spacial score (nSPS) is 12.4. The van der Waals surface area contributed by atoms with Crippen LogP contribution in [0.15, 0.2) is 6.33 Å². The van der Waals surface area contributed by atoms with E-state index in [1.54, 1.807) is 13.4 Å². The van der Waals surface area contributed by atoms with Crippen LogP contribution in [-0.4, -0.2) is 47.0 Å². The van der Waals surface area contributed by atoms with Gasteiger partial charge < -0.3 is 19.9 Å². The van der Waals surface area contributed by atoms with Crippen molar-refractivity contribution in [3.8, 4) is 0 Å². The van der Waals surface area contributed by atoms with Crippen molar-refractivity contribution in [1.29, 1.82) is 0 Å². The third kappa shape index (κ3) is 4.80. The minimum Gasteiger partial charge on any atom is -0.383 e. The summed E-state index contributed by atoms with van der Waals surface area (Å²) in [5.74, 6) is 0.775. The van der Waals surface area contributed by atoms with Crippen LogP contribution in [0.1, 0.15) is 19.7 Å². The zero-order chi connectivity index (χ0) is 13.4. The van der Waals surface area contributed by atoms with E-state index in [1.165, 1.54) is 0 Å². The molecular weight excluding hydrogens is 234 g/mol. The SMILES string of the molecule is CCn1cnnc1CNCC(=O)NC(C)COC. The molecule has 1 atom stereocenters. The van der Waals surface area contributed by atoms with Gasteiger partial charge >= 0.3 is 0 Å². The predicted molar refractivity (Wildman–Crippen MR) is 66.9 cm³/mol. The Hall–Kier alpha value is -1.47. The molecule has 0 aliphatic carbocycles. The van der Waals surface area contributed by atoms with Crippen molar-refractivity contribution in [3.05, 3.63) is 12.2 Å². The number of carbonyl (C=O) groups excluding carboxylic acids is 1. The lowest BCUT2D eigenvalue weighted by molar-refractivity contribution is -0.121. The van der Waals surface area contributed by atoms with Crippen molar-refractivity contribution in [2.45, 2.75) is 33.0 Å². The van der Waals surface area contributed by atoms with Crippen LogP contribution < -0.4 is 10.6 Å². The van der Waals surface area contributed by atoms with Gasteiger partial charge in [-0.05, 0) is 13.8 Å². The molecule has 0 saturated heterocycles. The summed E-state index contributed by atoms with van der Waals surface area (Å²) in [6.45, 7) is 6.03. The van der Waals surface area contributed by atoms with Crippen molar-refractivity contribution in [1.82, 2.24) is 25.4 Å². The third-order valence-electron chi connectivity index (χ3n) is 2.43. The molecule has 0 aromatic carbocycles. The van der Waals surface area contributed by atoms with Gasteiger partial charge in [-0.15, -0.1) is 10.2 Å². The van der Waals surface area contributed by atoms with Gasteiger partial charge in [-0.25, -0.2) is 0 Å². The zero-order valence-corrected chi connectivity index (χ0v) is 11.1. The van der Waals surface area contributed by atoms with E-state index in [-0.39, 0.29) is 18.5 Å². The first-order valence-electron chi connectivity index (χ1n) is 6.03. The lowest BCUT2D eigenvalue weighted by Gasteiger charge is -2.13. The number of amides is 1. The second kappa shape index (κ2) is 7.78. The molecule has 0 fully saturated rings. The maximum absolute atomic E-state index is 11.5. The first kappa shape index (κ1) is 14.6. The molecule has 1 rings (SSSR count). The van der Waals surface area contributed by atoms with E-state index in [2.05, 4.69) is 20.8 Å². The quantitative estimate of drug-likeness (QED) is 0.657. The van der Waals surface area contributed by atoms with Crippen LogP contribution in [0, 0.1) is 0 Å². The molecule has 0 saturated carbocycles. The molecule has 2 N–H and O–H groups in total. The molecule has 1 heterocycles.